The van der Waals surface area contributed by atoms with Gasteiger partial charge in [-0.1, -0.05) is 11.6 Å². The molecule has 0 aliphatic rings. The lowest BCUT2D eigenvalue weighted by molar-refractivity contribution is 0.0864. The van der Waals surface area contributed by atoms with E-state index in [0.29, 0.717) is 15.9 Å². The molecule has 0 aliphatic heterocycles. The lowest BCUT2D eigenvalue weighted by atomic mass is 10.2. The Morgan fingerprint density at radius 3 is 2.78 bits per heavy atom. The molecule has 0 saturated heterocycles. The summed E-state index contributed by atoms with van der Waals surface area (Å²) in [5.74, 6) is -0.845. The minimum absolute atomic E-state index is 0.000993. The molecule has 2 aromatic rings. The van der Waals surface area contributed by atoms with E-state index in [0.717, 1.165) is 4.90 Å². The first kappa shape index (κ1) is 12.3. The molecular weight excluding hydrogens is 256 g/mol. The second kappa shape index (κ2) is 4.23. The number of aromatic amines is 1. The van der Waals surface area contributed by atoms with Crippen molar-refractivity contribution in [2.24, 2.45) is 5.73 Å². The van der Waals surface area contributed by atoms with Crippen molar-refractivity contribution >= 4 is 34.4 Å². The molecule has 2 rings (SSSR count). The number of amides is 1. The van der Waals surface area contributed by atoms with Gasteiger partial charge in [-0.15, -0.1) is 0 Å². The van der Waals surface area contributed by atoms with E-state index in [1.165, 1.54) is 25.2 Å². The maximum atomic E-state index is 11.9. The molecule has 5 N–H and O–H groups in total. The third-order valence-electron chi connectivity index (χ3n) is 2.62. The molecule has 0 radical (unpaired) electrons. The van der Waals surface area contributed by atoms with E-state index in [4.69, 9.17) is 22.7 Å². The molecule has 0 aliphatic carbocycles. The van der Waals surface area contributed by atoms with Crippen molar-refractivity contribution in [1.29, 1.82) is 5.41 Å². The minimum Gasteiger partial charge on any atom is -0.506 e. The highest BCUT2D eigenvalue weighted by Gasteiger charge is 2.18. The van der Waals surface area contributed by atoms with Crippen LogP contribution >= 0.6 is 11.6 Å². The topological polar surface area (TPSA) is 106 Å². The summed E-state index contributed by atoms with van der Waals surface area (Å²) in [6, 6.07) is 4.49. The number of aromatic hydroxyl groups is 1. The lowest BCUT2D eigenvalue weighted by Gasteiger charge is -2.12. The molecule has 0 saturated carbocycles. The number of nitrogens with one attached hydrogen (secondary N) is 2. The first-order valence-corrected chi connectivity index (χ1v) is 5.42. The van der Waals surface area contributed by atoms with E-state index in [9.17, 15) is 9.90 Å². The van der Waals surface area contributed by atoms with Gasteiger partial charge in [0.15, 0.2) is 5.96 Å². The molecule has 1 amide bonds. The smallest absolute Gasteiger partial charge is 0.276 e. The summed E-state index contributed by atoms with van der Waals surface area (Å²) in [4.78, 5) is 15.7. The number of hydrogen-bond acceptors (Lipinski definition) is 3. The summed E-state index contributed by atoms with van der Waals surface area (Å²) >= 11 is 5.97. The zero-order valence-electron chi connectivity index (χ0n) is 9.49. The van der Waals surface area contributed by atoms with Gasteiger partial charge in [-0.25, -0.2) is 0 Å². The van der Waals surface area contributed by atoms with Gasteiger partial charge < -0.3 is 15.8 Å². The predicted molar refractivity (Wildman–Crippen MR) is 69.0 cm³/mol. The van der Waals surface area contributed by atoms with E-state index in [2.05, 4.69) is 4.98 Å². The van der Waals surface area contributed by atoms with Gasteiger partial charge >= 0.3 is 0 Å². The van der Waals surface area contributed by atoms with Crippen LogP contribution in [-0.2, 0) is 0 Å². The van der Waals surface area contributed by atoms with Crippen LogP contribution < -0.4 is 5.73 Å². The van der Waals surface area contributed by atoms with Crippen LogP contribution in [0.5, 0.6) is 5.75 Å². The van der Waals surface area contributed by atoms with E-state index >= 15 is 0 Å². The van der Waals surface area contributed by atoms with E-state index in [1.807, 2.05) is 0 Å². The van der Waals surface area contributed by atoms with Gasteiger partial charge in [0, 0.05) is 12.4 Å². The van der Waals surface area contributed by atoms with Crippen LogP contribution in [-0.4, -0.2) is 33.9 Å². The highest BCUT2D eigenvalue weighted by molar-refractivity contribution is 6.35. The van der Waals surface area contributed by atoms with Gasteiger partial charge in [0.2, 0.25) is 0 Å². The summed E-state index contributed by atoms with van der Waals surface area (Å²) in [5.41, 5.74) is 5.80. The van der Waals surface area contributed by atoms with E-state index in [-0.39, 0.29) is 17.4 Å². The number of guanidine groups is 1. The summed E-state index contributed by atoms with van der Waals surface area (Å²) in [6.45, 7) is 0. The van der Waals surface area contributed by atoms with Crippen molar-refractivity contribution in [3.05, 3.63) is 28.9 Å². The Balaban J connectivity index is 2.54. The third-order valence-corrected chi connectivity index (χ3v) is 2.94. The van der Waals surface area contributed by atoms with Crippen molar-refractivity contribution in [3.63, 3.8) is 0 Å². The first-order chi connectivity index (χ1) is 8.41. The molecule has 18 heavy (non-hydrogen) atoms. The summed E-state index contributed by atoms with van der Waals surface area (Å²) < 4.78 is 0. The van der Waals surface area contributed by atoms with Crippen molar-refractivity contribution < 1.29 is 9.90 Å². The summed E-state index contributed by atoms with van der Waals surface area (Å²) in [6.07, 6.45) is 0. The Bertz CT molecular complexity index is 611. The summed E-state index contributed by atoms with van der Waals surface area (Å²) in [5, 5.41) is 17.8. The molecule has 0 unspecified atom stereocenters. The van der Waals surface area contributed by atoms with Crippen LogP contribution in [0.3, 0.4) is 0 Å². The van der Waals surface area contributed by atoms with Crippen molar-refractivity contribution in [2.75, 3.05) is 7.05 Å². The Kier molecular flexibility index (Phi) is 2.88. The molecule has 0 fully saturated rings. The van der Waals surface area contributed by atoms with Gasteiger partial charge in [-0.3, -0.25) is 15.1 Å². The average molecular weight is 267 g/mol. The fourth-order valence-corrected chi connectivity index (χ4v) is 1.79. The van der Waals surface area contributed by atoms with Gasteiger partial charge in [-0.05, 0) is 18.2 Å². The number of carbonyl (C=O) groups is 1. The minimum atomic E-state index is -0.478. The fraction of sp³-hybridized carbons (Fsp3) is 0.0909. The molecule has 1 aromatic carbocycles. The number of nitrogens with zero attached hydrogens (tertiary/aromatic N) is 1. The third kappa shape index (κ3) is 1.86. The first-order valence-electron chi connectivity index (χ1n) is 5.04. The van der Waals surface area contributed by atoms with Gasteiger partial charge in [0.1, 0.15) is 11.4 Å². The molecule has 94 valence electrons. The number of rotatable bonds is 1. The van der Waals surface area contributed by atoms with Crippen LogP contribution in [0, 0.1) is 5.41 Å². The monoisotopic (exact) mass is 266 g/mol. The molecule has 1 aromatic heterocycles. The number of halogens is 1. The van der Waals surface area contributed by atoms with Crippen molar-refractivity contribution in [3.8, 4) is 5.75 Å². The van der Waals surface area contributed by atoms with Crippen LogP contribution in [0.2, 0.25) is 5.02 Å². The van der Waals surface area contributed by atoms with Crippen LogP contribution in [0.4, 0.5) is 0 Å². The Morgan fingerprint density at radius 2 is 2.22 bits per heavy atom. The van der Waals surface area contributed by atoms with Crippen LogP contribution in [0.1, 0.15) is 10.5 Å². The molecular formula is C11H11ClN4O2. The highest BCUT2D eigenvalue weighted by atomic mass is 35.5. The van der Waals surface area contributed by atoms with Gasteiger partial charge in [-0.2, -0.15) is 0 Å². The number of H-pyrrole nitrogens is 1. The quantitative estimate of drug-likeness (QED) is 0.464. The Labute approximate surface area is 107 Å². The number of benzene rings is 1. The number of aromatic nitrogens is 1. The molecule has 0 bridgehead atoms. The normalized spacial score (nSPS) is 10.6. The molecule has 1 heterocycles. The molecule has 0 spiro atoms. The number of phenolic OH excluding ortho intramolecular Hbond substituents is 1. The van der Waals surface area contributed by atoms with Crippen molar-refractivity contribution in [2.45, 2.75) is 0 Å². The zero-order chi connectivity index (χ0) is 13.4. The maximum absolute atomic E-state index is 11.9. The standard InChI is InChI=1S/C11H11ClN4O2/c1-16(11(13)14)10(18)7-4-5-6(12)2-3-8(17)9(5)15-7/h2-4,15,17H,1H3,(H3,13,14). The SMILES string of the molecule is CN(C(=N)N)C(=O)c1cc2c(Cl)ccc(O)c2[nH]1. The Hall–Kier alpha value is -2.21. The van der Waals surface area contributed by atoms with Gasteiger partial charge in [0.05, 0.1) is 10.5 Å². The van der Waals surface area contributed by atoms with Gasteiger partial charge in [0.25, 0.3) is 5.91 Å². The Morgan fingerprint density at radius 1 is 1.56 bits per heavy atom. The summed E-state index contributed by atoms with van der Waals surface area (Å²) in [7, 11) is 1.39. The number of carbonyl (C=O) groups excluding carboxylic acids is 1. The van der Waals surface area contributed by atoms with Crippen LogP contribution in [0.25, 0.3) is 10.9 Å². The molecule has 7 heteroatoms. The number of hydrogen-bond donors (Lipinski definition) is 4. The second-order valence-electron chi connectivity index (χ2n) is 3.79. The molecule has 6 nitrogen and oxygen atoms in total. The second-order valence-corrected chi connectivity index (χ2v) is 4.19. The zero-order valence-corrected chi connectivity index (χ0v) is 10.2. The maximum Gasteiger partial charge on any atom is 0.276 e. The number of nitrogens with two attached hydrogens (primary N) is 1. The highest BCUT2D eigenvalue weighted by Crippen LogP contribution is 2.31. The predicted octanol–water partition coefficient (Wildman–Crippen LogP) is 1.49. The number of fused-ring (bicyclic) bond motifs is 1. The number of phenols is 1. The molecule has 0 atom stereocenters. The fourth-order valence-electron chi connectivity index (χ4n) is 1.58. The van der Waals surface area contributed by atoms with Crippen molar-refractivity contribution in [1.82, 2.24) is 9.88 Å². The van der Waals surface area contributed by atoms with E-state index < -0.39 is 5.91 Å². The van der Waals surface area contributed by atoms with Crippen LogP contribution in [0.15, 0.2) is 18.2 Å². The van der Waals surface area contributed by atoms with E-state index in [1.54, 1.807) is 0 Å². The largest absolute Gasteiger partial charge is 0.506 e. The lowest BCUT2D eigenvalue weighted by Crippen LogP contribution is -2.38. The average Bonchev–Trinajstić information content (AvgIpc) is 2.78.